The van der Waals surface area contributed by atoms with Crippen molar-refractivity contribution in [2.45, 2.75) is 33.2 Å². The summed E-state index contributed by atoms with van der Waals surface area (Å²) in [6.07, 6.45) is 1.28. The summed E-state index contributed by atoms with van der Waals surface area (Å²) >= 11 is 0. The van der Waals surface area contributed by atoms with Gasteiger partial charge in [0.15, 0.2) is 6.04 Å². The Morgan fingerprint density at radius 1 is 1.16 bits per heavy atom. The number of nitrogens with zero attached hydrogens (tertiary/aromatic N) is 1. The number of nitrogens with one attached hydrogen (secondary N) is 2. The lowest BCUT2D eigenvalue weighted by molar-refractivity contribution is -0.925. The van der Waals surface area contributed by atoms with Crippen molar-refractivity contribution in [2.24, 2.45) is 11.8 Å². The van der Waals surface area contributed by atoms with E-state index in [4.69, 9.17) is 4.74 Å². The number of likely N-dealkylation sites (tertiary alicyclic amines) is 1. The Kier molecular flexibility index (Phi) is 5.97. The molecule has 138 valence electrons. The summed E-state index contributed by atoms with van der Waals surface area (Å²) in [4.78, 5) is 16.4. The fraction of sp³-hybridized carbons (Fsp3) is 0.650. The van der Waals surface area contributed by atoms with Crippen LogP contribution in [0, 0.1) is 11.8 Å². The zero-order valence-electron chi connectivity index (χ0n) is 15.8. The molecule has 0 radical (unpaired) electrons. The second-order valence-electron chi connectivity index (χ2n) is 7.87. The third-order valence-electron chi connectivity index (χ3n) is 5.54. The Labute approximate surface area is 151 Å². The number of ether oxygens (including phenoxy) is 1. The number of anilines is 2. The largest absolute Gasteiger partial charge is 0.378 e. The molecule has 5 heteroatoms. The summed E-state index contributed by atoms with van der Waals surface area (Å²) in [5.74, 6) is 1.51. The molecule has 2 N–H and O–H groups in total. The molecule has 25 heavy (non-hydrogen) atoms. The van der Waals surface area contributed by atoms with Crippen molar-refractivity contribution < 1.29 is 14.4 Å². The van der Waals surface area contributed by atoms with E-state index in [1.54, 1.807) is 0 Å². The standard InChI is InChI=1S/C20H31N3O2/c1-15-12-16(2)14-23(13-15)17(3)20(24)21-18-4-6-19(7-5-18)22-8-10-25-11-9-22/h4-7,15-17H,8-14H2,1-3H3,(H,21,24)/p+1/t15-,16-,17+/m1/s1. The molecule has 0 aromatic heterocycles. The van der Waals surface area contributed by atoms with Crippen molar-refractivity contribution in [2.75, 3.05) is 49.6 Å². The molecule has 2 aliphatic rings. The van der Waals surface area contributed by atoms with E-state index in [2.05, 4.69) is 43.1 Å². The quantitative estimate of drug-likeness (QED) is 0.867. The van der Waals surface area contributed by atoms with Crippen molar-refractivity contribution >= 4 is 17.3 Å². The van der Waals surface area contributed by atoms with Gasteiger partial charge in [0, 0.05) is 36.3 Å². The second kappa shape index (κ2) is 8.19. The number of rotatable bonds is 4. The Morgan fingerprint density at radius 2 is 1.76 bits per heavy atom. The van der Waals surface area contributed by atoms with Gasteiger partial charge in [0.25, 0.3) is 5.91 Å². The average Bonchev–Trinajstić information content (AvgIpc) is 2.61. The van der Waals surface area contributed by atoms with E-state index in [1.807, 2.05) is 12.1 Å². The highest BCUT2D eigenvalue weighted by Crippen LogP contribution is 2.19. The molecule has 1 amide bonds. The Bertz CT molecular complexity index is 559. The Morgan fingerprint density at radius 3 is 2.36 bits per heavy atom. The average molecular weight is 346 g/mol. The lowest BCUT2D eigenvalue weighted by atomic mass is 9.91. The number of benzene rings is 1. The number of morpholine rings is 1. The van der Waals surface area contributed by atoms with Crippen LogP contribution in [0.4, 0.5) is 11.4 Å². The van der Waals surface area contributed by atoms with Gasteiger partial charge in [-0.2, -0.15) is 0 Å². The fourth-order valence-corrected chi connectivity index (χ4v) is 4.20. The van der Waals surface area contributed by atoms with Crippen LogP contribution < -0.4 is 15.1 Å². The fourth-order valence-electron chi connectivity index (χ4n) is 4.20. The van der Waals surface area contributed by atoms with E-state index in [9.17, 15) is 4.79 Å². The summed E-state index contributed by atoms with van der Waals surface area (Å²) in [7, 11) is 0. The minimum absolute atomic E-state index is 0.0101. The van der Waals surface area contributed by atoms with Gasteiger partial charge in [-0.25, -0.2) is 0 Å². The first kappa shape index (κ1) is 18.2. The first-order chi connectivity index (χ1) is 12.0. The molecule has 0 aliphatic carbocycles. The minimum atomic E-state index is -0.0101. The Hall–Kier alpha value is -1.59. The maximum atomic E-state index is 12.7. The van der Waals surface area contributed by atoms with Crippen molar-refractivity contribution in [3.8, 4) is 0 Å². The molecule has 1 aromatic carbocycles. The molecular formula is C20H32N3O2+. The van der Waals surface area contributed by atoms with Gasteiger partial charge in [-0.3, -0.25) is 4.79 Å². The molecule has 2 aliphatic heterocycles. The summed E-state index contributed by atoms with van der Waals surface area (Å²) in [6, 6.07) is 8.18. The van der Waals surface area contributed by atoms with Crippen LogP contribution in [0.1, 0.15) is 27.2 Å². The third kappa shape index (κ3) is 4.73. The summed E-state index contributed by atoms with van der Waals surface area (Å²) < 4.78 is 5.40. The van der Waals surface area contributed by atoms with Gasteiger partial charge in [0.1, 0.15) is 0 Å². The Balaban J connectivity index is 1.56. The van der Waals surface area contributed by atoms with Crippen LogP contribution >= 0.6 is 0 Å². The highest BCUT2D eigenvalue weighted by atomic mass is 16.5. The van der Waals surface area contributed by atoms with E-state index >= 15 is 0 Å². The zero-order valence-corrected chi connectivity index (χ0v) is 15.8. The molecule has 3 rings (SSSR count). The SMILES string of the molecule is C[C@@H]1C[C@@H](C)C[NH+]([C@@H](C)C(=O)Nc2ccc(N3CCOCC3)cc2)C1. The van der Waals surface area contributed by atoms with E-state index in [0.29, 0.717) is 11.8 Å². The minimum Gasteiger partial charge on any atom is -0.378 e. The molecule has 1 aromatic rings. The smallest absolute Gasteiger partial charge is 0.282 e. The zero-order chi connectivity index (χ0) is 17.8. The molecule has 0 spiro atoms. The van der Waals surface area contributed by atoms with Gasteiger partial charge in [-0.05, 0) is 37.6 Å². The summed E-state index contributed by atoms with van der Waals surface area (Å²) in [5, 5.41) is 3.10. The number of quaternary nitrogens is 1. The van der Waals surface area contributed by atoms with Crippen LogP contribution in [-0.4, -0.2) is 51.3 Å². The number of carbonyl (C=O) groups is 1. The van der Waals surface area contributed by atoms with E-state index in [0.717, 1.165) is 45.1 Å². The normalized spacial score (nSPS) is 28.4. The van der Waals surface area contributed by atoms with Crippen LogP contribution in [0.15, 0.2) is 24.3 Å². The third-order valence-corrected chi connectivity index (χ3v) is 5.54. The van der Waals surface area contributed by atoms with Crippen molar-refractivity contribution in [3.05, 3.63) is 24.3 Å². The van der Waals surface area contributed by atoms with Crippen LogP contribution in [0.3, 0.4) is 0 Å². The van der Waals surface area contributed by atoms with Crippen molar-refractivity contribution in [1.29, 1.82) is 0 Å². The maximum absolute atomic E-state index is 12.7. The molecule has 5 nitrogen and oxygen atoms in total. The topological polar surface area (TPSA) is 46.0 Å². The van der Waals surface area contributed by atoms with E-state index < -0.39 is 0 Å². The molecule has 2 fully saturated rings. The van der Waals surface area contributed by atoms with Gasteiger partial charge in [0.2, 0.25) is 0 Å². The van der Waals surface area contributed by atoms with Crippen LogP contribution in [0.5, 0.6) is 0 Å². The molecule has 0 bridgehead atoms. The molecule has 3 atom stereocenters. The lowest BCUT2D eigenvalue weighted by Crippen LogP contribution is -3.18. The van der Waals surface area contributed by atoms with Crippen molar-refractivity contribution in [3.63, 3.8) is 0 Å². The van der Waals surface area contributed by atoms with Crippen molar-refractivity contribution in [1.82, 2.24) is 0 Å². The van der Waals surface area contributed by atoms with E-state index in [-0.39, 0.29) is 11.9 Å². The molecular weight excluding hydrogens is 314 g/mol. The van der Waals surface area contributed by atoms with Gasteiger partial charge in [0.05, 0.1) is 26.3 Å². The lowest BCUT2D eigenvalue weighted by Gasteiger charge is -2.35. The number of amides is 1. The predicted octanol–water partition coefficient (Wildman–Crippen LogP) is 1.41. The molecule has 0 unspecified atom stereocenters. The summed E-state index contributed by atoms with van der Waals surface area (Å²) in [6.45, 7) is 12.3. The highest BCUT2D eigenvalue weighted by molar-refractivity contribution is 5.93. The second-order valence-corrected chi connectivity index (χ2v) is 7.87. The van der Waals surface area contributed by atoms with Crippen LogP contribution in [0.2, 0.25) is 0 Å². The number of carbonyl (C=O) groups excluding carboxylic acids is 1. The summed E-state index contributed by atoms with van der Waals surface area (Å²) in [5.41, 5.74) is 2.07. The molecule has 2 saturated heterocycles. The van der Waals surface area contributed by atoms with Gasteiger partial charge >= 0.3 is 0 Å². The number of hydrogen-bond donors (Lipinski definition) is 2. The maximum Gasteiger partial charge on any atom is 0.282 e. The first-order valence-corrected chi connectivity index (χ1v) is 9.61. The monoisotopic (exact) mass is 346 g/mol. The van der Waals surface area contributed by atoms with Gasteiger partial charge in [-0.1, -0.05) is 13.8 Å². The van der Waals surface area contributed by atoms with E-state index in [1.165, 1.54) is 17.0 Å². The molecule has 0 saturated carbocycles. The highest BCUT2D eigenvalue weighted by Gasteiger charge is 2.32. The van der Waals surface area contributed by atoms with Gasteiger partial charge < -0.3 is 19.9 Å². The first-order valence-electron chi connectivity index (χ1n) is 9.61. The molecule has 2 heterocycles. The van der Waals surface area contributed by atoms with Crippen LogP contribution in [0.25, 0.3) is 0 Å². The predicted molar refractivity (Wildman–Crippen MR) is 101 cm³/mol. The number of hydrogen-bond acceptors (Lipinski definition) is 3. The number of piperidine rings is 1. The van der Waals surface area contributed by atoms with Crippen LogP contribution in [-0.2, 0) is 9.53 Å². The van der Waals surface area contributed by atoms with Gasteiger partial charge in [-0.15, -0.1) is 0 Å².